The average Bonchev–Trinajstić information content (AvgIpc) is 2.18. The van der Waals surface area contributed by atoms with E-state index in [0.29, 0.717) is 5.82 Å². The topological polar surface area (TPSA) is 33.4 Å². The van der Waals surface area contributed by atoms with Gasteiger partial charge in [0.2, 0.25) is 5.03 Å². The Hall–Kier alpha value is -1.12. The molecule has 4 nitrogen and oxygen atoms in total. The Morgan fingerprint density at radius 2 is 2.29 bits per heavy atom. The summed E-state index contributed by atoms with van der Waals surface area (Å²) in [7, 11) is 4.06. The van der Waals surface area contributed by atoms with Gasteiger partial charge in [0.1, 0.15) is 0 Å². The number of thioether (sulfide) groups is 1. The van der Waals surface area contributed by atoms with Gasteiger partial charge in [-0.25, -0.2) is 0 Å². The van der Waals surface area contributed by atoms with Crippen molar-refractivity contribution in [2.45, 2.75) is 5.03 Å². The number of nitrogens with zero attached hydrogens (tertiary/aromatic N) is 4. The molecule has 0 aliphatic rings. The van der Waals surface area contributed by atoms with Gasteiger partial charge in [0.25, 0.3) is 5.82 Å². The molecule has 0 bridgehead atoms. The fourth-order valence-electron chi connectivity index (χ4n) is 0.795. The Morgan fingerprint density at radius 1 is 1.50 bits per heavy atom. The van der Waals surface area contributed by atoms with Gasteiger partial charge >= 0.3 is 0 Å². The number of hydrogen-bond donors (Lipinski definition) is 0. The van der Waals surface area contributed by atoms with Gasteiger partial charge in [-0.1, -0.05) is 18.3 Å². The molecular formula is C9H12N4S. The molecule has 0 N–H and O–H groups in total. The van der Waals surface area contributed by atoms with Crippen molar-refractivity contribution in [3.8, 4) is 0 Å². The van der Waals surface area contributed by atoms with Crippen LogP contribution in [0.15, 0.2) is 17.4 Å². The normalized spacial score (nSPS) is 10.1. The Bertz CT molecular complexity index is 332. The smallest absolute Gasteiger partial charge is 0.289 e. The van der Waals surface area contributed by atoms with Gasteiger partial charge in [0, 0.05) is 12.3 Å². The Kier molecular flexibility index (Phi) is 4.36. The fraction of sp³-hybridized carbons (Fsp3) is 0.444. The van der Waals surface area contributed by atoms with Gasteiger partial charge in [-0.15, -0.1) is 4.98 Å². The quantitative estimate of drug-likeness (QED) is 0.557. The molecule has 0 aromatic carbocycles. The van der Waals surface area contributed by atoms with Crippen LogP contribution in [0.25, 0.3) is 4.85 Å². The first-order chi connectivity index (χ1) is 6.72. The van der Waals surface area contributed by atoms with E-state index in [1.165, 1.54) is 6.20 Å². The molecule has 0 spiro atoms. The lowest BCUT2D eigenvalue weighted by Crippen LogP contribution is -2.14. The van der Waals surface area contributed by atoms with Crippen LogP contribution in [0.1, 0.15) is 0 Å². The summed E-state index contributed by atoms with van der Waals surface area (Å²) in [5.74, 6) is 1.32. The molecule has 0 aliphatic heterocycles. The zero-order valence-corrected chi connectivity index (χ0v) is 9.08. The number of aromatic nitrogens is 2. The molecule has 0 atom stereocenters. The summed E-state index contributed by atoms with van der Waals surface area (Å²) in [6.07, 6.45) is 3.16. The number of rotatable bonds is 4. The van der Waals surface area contributed by atoms with Gasteiger partial charge in [-0.3, -0.25) is 4.98 Å². The third-order valence-electron chi connectivity index (χ3n) is 1.50. The highest BCUT2D eigenvalue weighted by Gasteiger charge is 2.02. The van der Waals surface area contributed by atoms with Gasteiger partial charge in [-0.2, -0.15) is 0 Å². The Morgan fingerprint density at radius 3 is 2.93 bits per heavy atom. The predicted molar refractivity (Wildman–Crippen MR) is 57.6 cm³/mol. The van der Waals surface area contributed by atoms with Gasteiger partial charge in [0.05, 0.1) is 12.4 Å². The summed E-state index contributed by atoms with van der Waals surface area (Å²) in [6, 6.07) is 0. The molecule has 14 heavy (non-hydrogen) atoms. The van der Waals surface area contributed by atoms with Crippen LogP contribution < -0.4 is 0 Å². The van der Waals surface area contributed by atoms with Gasteiger partial charge < -0.3 is 9.74 Å². The van der Waals surface area contributed by atoms with E-state index in [2.05, 4.69) is 19.7 Å². The standard InChI is InChI=1S/C9H12N4S/c1-10-8-6-11-7-9(12-8)14-5-4-13(2)3/h6-7H,4-5H2,2-3H3. The second kappa shape index (κ2) is 5.58. The van der Waals surface area contributed by atoms with Crippen LogP contribution in [0.2, 0.25) is 0 Å². The molecule has 0 radical (unpaired) electrons. The molecular weight excluding hydrogens is 196 g/mol. The van der Waals surface area contributed by atoms with Crippen molar-refractivity contribution >= 4 is 17.6 Å². The highest BCUT2D eigenvalue weighted by atomic mass is 32.2. The first-order valence-corrected chi connectivity index (χ1v) is 5.18. The van der Waals surface area contributed by atoms with Gasteiger partial charge in [-0.05, 0) is 14.1 Å². The number of hydrogen-bond acceptors (Lipinski definition) is 4. The van der Waals surface area contributed by atoms with Crippen LogP contribution >= 0.6 is 11.8 Å². The first kappa shape index (κ1) is 11.0. The van der Waals surface area contributed by atoms with Crippen LogP contribution in [-0.2, 0) is 0 Å². The molecule has 1 aromatic rings. The maximum absolute atomic E-state index is 6.79. The van der Waals surface area contributed by atoms with E-state index in [9.17, 15) is 0 Å². The van der Waals surface area contributed by atoms with Crippen molar-refractivity contribution < 1.29 is 0 Å². The minimum atomic E-state index is 0.361. The summed E-state index contributed by atoms with van der Waals surface area (Å²) in [5.41, 5.74) is 0. The van der Waals surface area contributed by atoms with E-state index in [1.807, 2.05) is 14.1 Å². The van der Waals surface area contributed by atoms with E-state index >= 15 is 0 Å². The van der Waals surface area contributed by atoms with Crippen molar-refractivity contribution in [3.63, 3.8) is 0 Å². The zero-order chi connectivity index (χ0) is 10.4. The largest absolute Gasteiger partial charge is 0.359 e. The minimum Gasteiger partial charge on any atom is -0.359 e. The third-order valence-corrected chi connectivity index (χ3v) is 2.38. The molecule has 0 aliphatic carbocycles. The predicted octanol–water partition coefficient (Wildman–Crippen LogP) is 1.68. The Balaban J connectivity index is 2.47. The van der Waals surface area contributed by atoms with E-state index in [1.54, 1.807) is 18.0 Å². The maximum atomic E-state index is 6.79. The molecule has 5 heteroatoms. The molecule has 0 saturated heterocycles. The molecule has 0 unspecified atom stereocenters. The minimum absolute atomic E-state index is 0.361. The average molecular weight is 208 g/mol. The summed E-state index contributed by atoms with van der Waals surface area (Å²) < 4.78 is 0. The summed E-state index contributed by atoms with van der Waals surface area (Å²) >= 11 is 1.62. The summed E-state index contributed by atoms with van der Waals surface area (Å²) in [5, 5.41) is 0.820. The maximum Gasteiger partial charge on any atom is 0.289 e. The SMILES string of the molecule is [C-]#[N+]c1cncc(SCCN(C)C)n1. The van der Waals surface area contributed by atoms with Crippen molar-refractivity contribution in [2.75, 3.05) is 26.4 Å². The van der Waals surface area contributed by atoms with E-state index in [-0.39, 0.29) is 0 Å². The van der Waals surface area contributed by atoms with Crippen molar-refractivity contribution in [1.82, 2.24) is 14.9 Å². The summed E-state index contributed by atoms with van der Waals surface area (Å²) in [4.78, 5) is 13.4. The summed E-state index contributed by atoms with van der Waals surface area (Å²) in [6.45, 7) is 7.79. The Labute approximate surface area is 88.2 Å². The van der Waals surface area contributed by atoms with Crippen molar-refractivity contribution in [2.24, 2.45) is 0 Å². The van der Waals surface area contributed by atoms with Crippen molar-refractivity contribution in [3.05, 3.63) is 23.8 Å². The fourth-order valence-corrected chi connectivity index (χ4v) is 1.75. The molecule has 0 fully saturated rings. The van der Waals surface area contributed by atoms with E-state index < -0.39 is 0 Å². The lowest BCUT2D eigenvalue weighted by Gasteiger charge is -2.06. The molecule has 0 saturated carbocycles. The van der Waals surface area contributed by atoms with E-state index in [4.69, 9.17) is 6.57 Å². The van der Waals surface area contributed by atoms with Crippen LogP contribution in [0.3, 0.4) is 0 Å². The molecule has 1 aromatic heterocycles. The van der Waals surface area contributed by atoms with E-state index in [0.717, 1.165) is 17.3 Å². The van der Waals surface area contributed by atoms with Crippen LogP contribution in [0, 0.1) is 6.57 Å². The second-order valence-corrected chi connectivity index (χ2v) is 4.09. The lowest BCUT2D eigenvalue weighted by atomic mass is 10.7. The van der Waals surface area contributed by atoms with Crippen LogP contribution in [0.4, 0.5) is 5.82 Å². The van der Waals surface area contributed by atoms with Crippen molar-refractivity contribution in [1.29, 1.82) is 0 Å². The highest BCUT2D eigenvalue weighted by Crippen LogP contribution is 2.16. The zero-order valence-electron chi connectivity index (χ0n) is 8.27. The first-order valence-electron chi connectivity index (χ1n) is 4.19. The molecule has 1 rings (SSSR count). The van der Waals surface area contributed by atoms with Crippen LogP contribution in [-0.4, -0.2) is 41.3 Å². The molecule has 1 heterocycles. The third kappa shape index (κ3) is 3.73. The molecule has 74 valence electrons. The second-order valence-electron chi connectivity index (χ2n) is 2.98. The van der Waals surface area contributed by atoms with Gasteiger partial charge in [0.15, 0.2) is 0 Å². The molecule has 0 amide bonds. The van der Waals surface area contributed by atoms with Crippen LogP contribution in [0.5, 0.6) is 0 Å². The monoisotopic (exact) mass is 208 g/mol. The lowest BCUT2D eigenvalue weighted by molar-refractivity contribution is 0.437. The highest BCUT2D eigenvalue weighted by molar-refractivity contribution is 7.99.